The highest BCUT2D eigenvalue weighted by Crippen LogP contribution is 2.17. The number of carbonyl (C=O) groups excluding carboxylic acids is 2. The molecule has 0 aliphatic carbocycles. The second kappa shape index (κ2) is 9.64. The summed E-state index contributed by atoms with van der Waals surface area (Å²) in [6.07, 6.45) is 4.57. The molecule has 27 heavy (non-hydrogen) atoms. The summed E-state index contributed by atoms with van der Waals surface area (Å²) in [6.45, 7) is 1.25. The highest BCUT2D eigenvalue weighted by Gasteiger charge is 2.27. The van der Waals surface area contributed by atoms with Crippen molar-refractivity contribution in [1.29, 1.82) is 0 Å². The van der Waals surface area contributed by atoms with Crippen LogP contribution in [0.5, 0.6) is 0 Å². The van der Waals surface area contributed by atoms with Gasteiger partial charge in [0.2, 0.25) is 0 Å². The fourth-order valence-corrected chi connectivity index (χ4v) is 3.03. The van der Waals surface area contributed by atoms with Gasteiger partial charge in [0.25, 0.3) is 11.8 Å². The van der Waals surface area contributed by atoms with Gasteiger partial charge in [-0.1, -0.05) is 11.6 Å². The van der Waals surface area contributed by atoms with Crippen molar-refractivity contribution >= 4 is 41.5 Å². The maximum absolute atomic E-state index is 12.8. The summed E-state index contributed by atoms with van der Waals surface area (Å²) in [4.78, 5) is 35.3. The zero-order chi connectivity index (χ0) is 18.5. The van der Waals surface area contributed by atoms with E-state index >= 15 is 0 Å². The first-order chi connectivity index (χ1) is 12.6. The third-order valence-corrected chi connectivity index (χ3v) is 4.66. The number of nitrogens with one attached hydrogen (secondary N) is 2. The van der Waals surface area contributed by atoms with E-state index in [1.165, 1.54) is 12.4 Å². The maximum atomic E-state index is 12.8. The monoisotopic (exact) mass is 409 g/mol. The summed E-state index contributed by atoms with van der Waals surface area (Å²) >= 11 is 5.85. The average molecular weight is 410 g/mol. The molecule has 1 fully saturated rings. The van der Waals surface area contributed by atoms with Crippen molar-refractivity contribution in [2.24, 2.45) is 0 Å². The Morgan fingerprint density at radius 3 is 2.26 bits per heavy atom. The molecule has 0 bridgehead atoms. The van der Waals surface area contributed by atoms with Crippen molar-refractivity contribution in [2.45, 2.75) is 18.9 Å². The van der Waals surface area contributed by atoms with E-state index in [1.807, 2.05) is 7.05 Å². The number of rotatable bonds is 4. The topological polar surface area (TPSA) is 87.2 Å². The summed E-state index contributed by atoms with van der Waals surface area (Å²) in [5.41, 5.74) is 0.656. The van der Waals surface area contributed by atoms with Crippen LogP contribution in [0.1, 0.15) is 33.8 Å². The minimum atomic E-state index is -0.478. The predicted molar refractivity (Wildman–Crippen MR) is 107 cm³/mol. The average Bonchev–Trinajstić information content (AvgIpc) is 2.69. The number of carbonyl (C=O) groups is 2. The zero-order valence-electron chi connectivity index (χ0n) is 14.8. The molecule has 0 radical (unpaired) electrons. The molecule has 2 heterocycles. The van der Waals surface area contributed by atoms with E-state index in [-0.39, 0.29) is 29.7 Å². The SMILES string of the molecule is CNC1CCN(C(=O)c2nccnc2C(=O)Nc2ccc(Cl)cc2)CC1.Cl. The van der Waals surface area contributed by atoms with Crippen LogP contribution in [0.15, 0.2) is 36.7 Å². The van der Waals surface area contributed by atoms with Crippen LogP contribution >= 0.6 is 24.0 Å². The number of likely N-dealkylation sites (tertiary alicyclic amines) is 1. The number of hydrogen-bond donors (Lipinski definition) is 2. The van der Waals surface area contributed by atoms with Gasteiger partial charge in [-0.3, -0.25) is 9.59 Å². The number of halogens is 2. The molecule has 1 aliphatic rings. The number of benzene rings is 1. The molecular weight excluding hydrogens is 389 g/mol. The molecule has 1 saturated heterocycles. The second-order valence-corrected chi connectivity index (χ2v) is 6.51. The number of amides is 2. The Morgan fingerprint density at radius 1 is 1.07 bits per heavy atom. The summed E-state index contributed by atoms with van der Waals surface area (Å²) < 4.78 is 0. The first kappa shape index (κ1) is 21.1. The largest absolute Gasteiger partial charge is 0.337 e. The molecular formula is C18H21Cl2N5O2. The van der Waals surface area contributed by atoms with Gasteiger partial charge in [-0.05, 0) is 44.2 Å². The van der Waals surface area contributed by atoms with Crippen LogP contribution in [0.4, 0.5) is 5.69 Å². The Bertz CT molecular complexity index is 793. The van der Waals surface area contributed by atoms with Crippen molar-refractivity contribution in [1.82, 2.24) is 20.2 Å². The first-order valence-electron chi connectivity index (χ1n) is 8.43. The summed E-state index contributed by atoms with van der Waals surface area (Å²) in [7, 11) is 1.92. The van der Waals surface area contributed by atoms with Crippen molar-refractivity contribution in [3.05, 3.63) is 53.1 Å². The van der Waals surface area contributed by atoms with Gasteiger partial charge in [0, 0.05) is 42.2 Å². The Labute approximate surface area is 168 Å². The molecule has 0 spiro atoms. The third kappa shape index (κ3) is 5.15. The molecule has 144 valence electrons. The smallest absolute Gasteiger partial charge is 0.276 e. The van der Waals surface area contributed by atoms with Crippen LogP contribution in [0.2, 0.25) is 5.02 Å². The van der Waals surface area contributed by atoms with E-state index in [4.69, 9.17) is 11.6 Å². The molecule has 1 aliphatic heterocycles. The molecule has 3 rings (SSSR count). The molecule has 9 heteroatoms. The van der Waals surface area contributed by atoms with Crippen molar-refractivity contribution in [3.63, 3.8) is 0 Å². The van der Waals surface area contributed by atoms with E-state index in [0.29, 0.717) is 29.8 Å². The quantitative estimate of drug-likeness (QED) is 0.809. The van der Waals surface area contributed by atoms with Crippen LogP contribution in [0.25, 0.3) is 0 Å². The minimum Gasteiger partial charge on any atom is -0.337 e. The fourth-order valence-electron chi connectivity index (χ4n) is 2.91. The van der Waals surface area contributed by atoms with Crippen LogP contribution in [-0.4, -0.2) is 52.9 Å². The van der Waals surface area contributed by atoms with Crippen molar-refractivity contribution in [3.8, 4) is 0 Å². The summed E-state index contributed by atoms with van der Waals surface area (Å²) in [5.74, 6) is -0.747. The predicted octanol–water partition coefficient (Wildman–Crippen LogP) is 2.63. The van der Waals surface area contributed by atoms with Gasteiger partial charge in [0.05, 0.1) is 0 Å². The molecule has 7 nitrogen and oxygen atoms in total. The molecule has 2 aromatic rings. The first-order valence-corrected chi connectivity index (χ1v) is 8.80. The fraction of sp³-hybridized carbons (Fsp3) is 0.333. The van der Waals surface area contributed by atoms with Crippen LogP contribution in [-0.2, 0) is 0 Å². The minimum absolute atomic E-state index is 0. The van der Waals surface area contributed by atoms with Gasteiger partial charge in [0.1, 0.15) is 0 Å². The number of nitrogens with zero attached hydrogens (tertiary/aromatic N) is 3. The van der Waals surface area contributed by atoms with Gasteiger partial charge in [0.15, 0.2) is 11.4 Å². The Hall–Kier alpha value is -2.22. The van der Waals surface area contributed by atoms with Gasteiger partial charge >= 0.3 is 0 Å². The number of piperidine rings is 1. The molecule has 0 atom stereocenters. The van der Waals surface area contributed by atoms with Crippen molar-refractivity contribution < 1.29 is 9.59 Å². The van der Waals surface area contributed by atoms with E-state index < -0.39 is 5.91 Å². The van der Waals surface area contributed by atoms with Crippen LogP contribution < -0.4 is 10.6 Å². The van der Waals surface area contributed by atoms with Crippen LogP contribution in [0, 0.1) is 0 Å². The lowest BCUT2D eigenvalue weighted by Crippen LogP contribution is -2.44. The lowest BCUT2D eigenvalue weighted by atomic mass is 10.0. The molecule has 1 aromatic carbocycles. The lowest BCUT2D eigenvalue weighted by molar-refractivity contribution is 0.0696. The number of hydrogen-bond acceptors (Lipinski definition) is 5. The molecule has 2 amide bonds. The zero-order valence-corrected chi connectivity index (χ0v) is 16.4. The number of anilines is 1. The molecule has 0 unspecified atom stereocenters. The van der Waals surface area contributed by atoms with Gasteiger partial charge in [-0.2, -0.15) is 0 Å². The van der Waals surface area contributed by atoms with E-state index in [2.05, 4.69) is 20.6 Å². The van der Waals surface area contributed by atoms with Crippen molar-refractivity contribution in [2.75, 3.05) is 25.5 Å². The van der Waals surface area contributed by atoms with E-state index in [1.54, 1.807) is 29.2 Å². The van der Waals surface area contributed by atoms with Gasteiger partial charge in [-0.25, -0.2) is 9.97 Å². The molecule has 2 N–H and O–H groups in total. The summed E-state index contributed by atoms with van der Waals surface area (Å²) in [5, 5.41) is 6.52. The second-order valence-electron chi connectivity index (χ2n) is 6.07. The third-order valence-electron chi connectivity index (χ3n) is 4.41. The highest BCUT2D eigenvalue weighted by molar-refractivity contribution is 6.30. The van der Waals surface area contributed by atoms with E-state index in [0.717, 1.165) is 12.8 Å². The Kier molecular flexibility index (Phi) is 7.53. The Morgan fingerprint density at radius 2 is 1.67 bits per heavy atom. The summed E-state index contributed by atoms with van der Waals surface area (Å²) in [6, 6.07) is 7.12. The Balaban J connectivity index is 0.00000261. The number of aromatic nitrogens is 2. The standard InChI is InChI=1S/C18H20ClN5O2.ClH/c1-20-13-6-10-24(11-7-13)18(26)16-15(21-8-9-22-16)17(25)23-14-4-2-12(19)3-5-14;/h2-5,8-9,13,20H,6-7,10-11H2,1H3,(H,23,25);1H. The lowest BCUT2D eigenvalue weighted by Gasteiger charge is -2.31. The molecule has 1 aromatic heterocycles. The maximum Gasteiger partial charge on any atom is 0.276 e. The van der Waals surface area contributed by atoms with Gasteiger partial charge in [-0.15, -0.1) is 12.4 Å². The molecule has 0 saturated carbocycles. The van der Waals surface area contributed by atoms with Crippen LogP contribution in [0.3, 0.4) is 0 Å². The van der Waals surface area contributed by atoms with Gasteiger partial charge < -0.3 is 15.5 Å². The highest BCUT2D eigenvalue weighted by atomic mass is 35.5. The normalized spacial score (nSPS) is 14.4. The van der Waals surface area contributed by atoms with E-state index in [9.17, 15) is 9.59 Å².